The normalized spacial score (nSPS) is 11.2. The predicted octanol–water partition coefficient (Wildman–Crippen LogP) is 2.57. The Morgan fingerprint density at radius 3 is 2.86 bits per heavy atom. The van der Waals surface area contributed by atoms with Crippen molar-refractivity contribution in [3.05, 3.63) is 35.7 Å². The van der Waals surface area contributed by atoms with Crippen LogP contribution in [-0.4, -0.2) is 32.7 Å². The zero-order valence-electron chi connectivity index (χ0n) is 11.8. The molecule has 3 rings (SSSR count). The molecule has 0 bridgehead atoms. The Bertz CT molecular complexity index is 766. The van der Waals surface area contributed by atoms with Crippen molar-refractivity contribution in [3.8, 4) is 5.75 Å². The fraction of sp³-hybridized carbons (Fsp3) is 0.357. The van der Waals surface area contributed by atoms with Gasteiger partial charge in [-0.1, -0.05) is 11.2 Å². The number of para-hydroxylation sites is 1. The van der Waals surface area contributed by atoms with Gasteiger partial charge >= 0.3 is 0 Å². The number of aryl methyl sites for hydroxylation is 2. The lowest BCUT2D eigenvalue weighted by atomic mass is 10.3. The van der Waals surface area contributed by atoms with Gasteiger partial charge in [0.2, 0.25) is 5.89 Å². The first kappa shape index (κ1) is 13.9. The quantitative estimate of drug-likeness (QED) is 0.678. The molecule has 2 aromatic heterocycles. The number of halogens is 1. The summed E-state index contributed by atoms with van der Waals surface area (Å²) < 4.78 is 12.6. The Hall–Kier alpha value is -2.08. The molecule has 0 aliphatic heterocycles. The lowest BCUT2D eigenvalue weighted by Gasteiger charge is -2.05. The fourth-order valence-corrected chi connectivity index (χ4v) is 2.49. The van der Waals surface area contributed by atoms with Crippen LogP contribution in [0.1, 0.15) is 17.5 Å². The van der Waals surface area contributed by atoms with Crippen molar-refractivity contribution in [1.29, 1.82) is 0 Å². The first-order valence-electron chi connectivity index (χ1n) is 6.60. The zero-order chi connectivity index (χ0) is 14.8. The van der Waals surface area contributed by atoms with Crippen molar-refractivity contribution in [3.63, 3.8) is 0 Å². The Balaban J connectivity index is 2.11. The first-order chi connectivity index (χ1) is 10.2. The van der Waals surface area contributed by atoms with Crippen LogP contribution in [0.3, 0.4) is 0 Å². The van der Waals surface area contributed by atoms with Gasteiger partial charge in [0.1, 0.15) is 23.6 Å². The molecule has 0 unspecified atom stereocenters. The average molecular weight is 307 g/mol. The van der Waals surface area contributed by atoms with E-state index in [-0.39, 0.29) is 0 Å². The van der Waals surface area contributed by atoms with E-state index in [0.717, 1.165) is 22.6 Å². The second-order valence-electron chi connectivity index (χ2n) is 4.62. The minimum atomic E-state index is 0.469. The monoisotopic (exact) mass is 306 g/mol. The molecule has 0 radical (unpaired) electrons. The highest BCUT2D eigenvalue weighted by atomic mass is 35.5. The van der Waals surface area contributed by atoms with Crippen LogP contribution in [0, 0.1) is 6.92 Å². The molecule has 0 fully saturated rings. The summed E-state index contributed by atoms with van der Waals surface area (Å²) >= 11 is 5.88. The zero-order valence-corrected chi connectivity index (χ0v) is 12.6. The lowest BCUT2D eigenvalue weighted by molar-refractivity contribution is 0.367. The van der Waals surface area contributed by atoms with Gasteiger partial charge in [0.05, 0.1) is 12.6 Å². The summed E-state index contributed by atoms with van der Waals surface area (Å²) in [5, 5.41) is 3.82. The van der Waals surface area contributed by atoms with Crippen molar-refractivity contribution >= 4 is 22.6 Å². The summed E-state index contributed by atoms with van der Waals surface area (Å²) in [5.41, 5.74) is 1.78. The van der Waals surface area contributed by atoms with E-state index in [4.69, 9.17) is 20.9 Å². The molecule has 0 saturated carbocycles. The molecule has 0 aliphatic carbocycles. The Morgan fingerprint density at radius 1 is 1.33 bits per heavy atom. The van der Waals surface area contributed by atoms with Crippen LogP contribution in [0.15, 0.2) is 22.7 Å². The third kappa shape index (κ3) is 2.58. The third-order valence-electron chi connectivity index (χ3n) is 3.22. The molecule has 21 heavy (non-hydrogen) atoms. The Labute approximate surface area is 126 Å². The molecule has 0 saturated heterocycles. The van der Waals surface area contributed by atoms with Crippen molar-refractivity contribution in [2.45, 2.75) is 19.9 Å². The van der Waals surface area contributed by atoms with Crippen molar-refractivity contribution in [2.24, 2.45) is 0 Å². The van der Waals surface area contributed by atoms with E-state index < -0.39 is 0 Å². The number of benzene rings is 1. The van der Waals surface area contributed by atoms with E-state index in [1.165, 1.54) is 0 Å². The van der Waals surface area contributed by atoms with Gasteiger partial charge in [-0.25, -0.2) is 4.98 Å². The maximum absolute atomic E-state index is 5.88. The third-order valence-corrected chi connectivity index (χ3v) is 3.41. The minimum Gasteiger partial charge on any atom is -0.494 e. The van der Waals surface area contributed by atoms with Gasteiger partial charge in [-0.15, -0.1) is 11.6 Å². The van der Waals surface area contributed by atoms with Crippen LogP contribution < -0.4 is 4.74 Å². The number of aromatic nitrogens is 4. The lowest BCUT2D eigenvalue weighted by Crippen LogP contribution is -2.06. The number of alkyl halides is 1. The number of hydrogen-bond donors (Lipinski definition) is 0. The fourth-order valence-electron chi connectivity index (χ4n) is 2.33. The number of methoxy groups -OCH3 is 1. The number of fused-ring (bicyclic) bond motifs is 1. The van der Waals surface area contributed by atoms with Gasteiger partial charge in [0, 0.05) is 12.3 Å². The van der Waals surface area contributed by atoms with Gasteiger partial charge in [0.15, 0.2) is 5.82 Å². The highest BCUT2D eigenvalue weighted by Gasteiger charge is 2.16. The summed E-state index contributed by atoms with van der Waals surface area (Å²) in [7, 11) is 1.64. The topological polar surface area (TPSA) is 66.0 Å². The van der Waals surface area contributed by atoms with Crippen LogP contribution in [0.2, 0.25) is 0 Å². The number of rotatable bonds is 5. The summed E-state index contributed by atoms with van der Waals surface area (Å²) in [6, 6.07) is 5.82. The Kier molecular flexibility index (Phi) is 3.79. The van der Waals surface area contributed by atoms with E-state index in [1.54, 1.807) is 14.0 Å². The van der Waals surface area contributed by atoms with Gasteiger partial charge in [-0.3, -0.25) is 0 Å². The molecule has 0 N–H and O–H groups in total. The maximum Gasteiger partial charge on any atom is 0.246 e. The number of imidazole rings is 1. The predicted molar refractivity (Wildman–Crippen MR) is 78.8 cm³/mol. The maximum atomic E-state index is 5.88. The molecule has 110 valence electrons. The molecular weight excluding hydrogens is 292 g/mol. The smallest absolute Gasteiger partial charge is 0.246 e. The summed E-state index contributed by atoms with van der Waals surface area (Å²) in [6.45, 7) is 2.26. The van der Waals surface area contributed by atoms with Crippen LogP contribution in [0.4, 0.5) is 0 Å². The molecule has 0 spiro atoms. The first-order valence-corrected chi connectivity index (χ1v) is 7.13. The van der Waals surface area contributed by atoms with Crippen LogP contribution in [0.25, 0.3) is 11.0 Å². The van der Waals surface area contributed by atoms with E-state index in [9.17, 15) is 0 Å². The van der Waals surface area contributed by atoms with Gasteiger partial charge in [0.25, 0.3) is 0 Å². The summed E-state index contributed by atoms with van der Waals surface area (Å²) in [5.74, 6) is 3.27. The Morgan fingerprint density at radius 2 is 2.19 bits per heavy atom. The second kappa shape index (κ2) is 5.73. The molecule has 2 heterocycles. The van der Waals surface area contributed by atoms with Crippen LogP contribution >= 0.6 is 11.6 Å². The van der Waals surface area contributed by atoms with E-state index in [2.05, 4.69) is 15.1 Å². The van der Waals surface area contributed by atoms with Crippen molar-refractivity contribution in [2.75, 3.05) is 13.0 Å². The van der Waals surface area contributed by atoms with E-state index in [1.807, 2.05) is 22.8 Å². The largest absolute Gasteiger partial charge is 0.494 e. The summed E-state index contributed by atoms with van der Waals surface area (Å²) in [4.78, 5) is 8.89. The second-order valence-corrected chi connectivity index (χ2v) is 4.99. The average Bonchev–Trinajstić information content (AvgIpc) is 3.04. The molecule has 0 amide bonds. The summed E-state index contributed by atoms with van der Waals surface area (Å²) in [6.07, 6.45) is 0.659. The SMILES string of the molecule is COc1cccc2c1nc(CCCl)n2Cc1nc(C)no1. The molecule has 6 nitrogen and oxygen atoms in total. The van der Waals surface area contributed by atoms with Crippen molar-refractivity contribution < 1.29 is 9.26 Å². The minimum absolute atomic E-state index is 0.469. The standard InChI is InChI=1S/C14H15ClN4O2/c1-9-16-13(21-18-9)8-19-10-4-3-5-11(20-2)14(10)17-12(19)6-7-15/h3-5H,6-8H2,1-2H3. The molecule has 1 aromatic carbocycles. The highest BCUT2D eigenvalue weighted by molar-refractivity contribution is 6.17. The highest BCUT2D eigenvalue weighted by Crippen LogP contribution is 2.26. The molecule has 7 heteroatoms. The molecule has 0 aliphatic rings. The van der Waals surface area contributed by atoms with Crippen molar-refractivity contribution in [1.82, 2.24) is 19.7 Å². The molecule has 3 aromatic rings. The van der Waals surface area contributed by atoms with Gasteiger partial charge in [-0.05, 0) is 19.1 Å². The molecular formula is C14H15ClN4O2. The van der Waals surface area contributed by atoms with E-state index in [0.29, 0.717) is 30.6 Å². The van der Waals surface area contributed by atoms with Crippen LogP contribution in [-0.2, 0) is 13.0 Å². The van der Waals surface area contributed by atoms with Gasteiger partial charge < -0.3 is 13.8 Å². The number of ether oxygens (including phenoxy) is 1. The molecule has 0 atom stereocenters. The van der Waals surface area contributed by atoms with Gasteiger partial charge in [-0.2, -0.15) is 4.98 Å². The number of nitrogens with zero attached hydrogens (tertiary/aromatic N) is 4. The van der Waals surface area contributed by atoms with Crippen LogP contribution in [0.5, 0.6) is 5.75 Å². The number of hydrogen-bond acceptors (Lipinski definition) is 5. The van der Waals surface area contributed by atoms with E-state index >= 15 is 0 Å².